The van der Waals surface area contributed by atoms with Crippen LogP contribution in [0.2, 0.25) is 5.02 Å². The predicted octanol–water partition coefficient (Wildman–Crippen LogP) is 2.93. The Labute approximate surface area is 111 Å². The molecule has 18 heavy (non-hydrogen) atoms. The fourth-order valence-electron chi connectivity index (χ4n) is 1.64. The second-order valence-corrected chi connectivity index (χ2v) is 5.30. The van der Waals surface area contributed by atoms with Crippen LogP contribution in [-0.4, -0.2) is 25.5 Å². The summed E-state index contributed by atoms with van der Waals surface area (Å²) in [7, 11) is 0. The summed E-state index contributed by atoms with van der Waals surface area (Å²) in [4.78, 5) is 4.25. The molecule has 0 amide bonds. The van der Waals surface area contributed by atoms with Crippen LogP contribution < -0.4 is 0 Å². The summed E-state index contributed by atoms with van der Waals surface area (Å²) in [5, 5.41) is 14.9. The van der Waals surface area contributed by atoms with Crippen molar-refractivity contribution >= 4 is 11.6 Å². The van der Waals surface area contributed by atoms with Gasteiger partial charge in [-0.05, 0) is 45.0 Å². The average Bonchev–Trinajstić information content (AvgIpc) is 2.76. The lowest BCUT2D eigenvalue weighted by Gasteiger charge is -2.26. The summed E-state index contributed by atoms with van der Waals surface area (Å²) in [6, 6.07) is 7.22. The van der Waals surface area contributed by atoms with Crippen molar-refractivity contribution in [3.05, 3.63) is 35.6 Å². The molecule has 1 unspecified atom stereocenters. The van der Waals surface area contributed by atoms with E-state index in [0.717, 1.165) is 11.4 Å². The van der Waals surface area contributed by atoms with E-state index in [1.54, 1.807) is 18.5 Å². The van der Waals surface area contributed by atoms with Crippen molar-refractivity contribution in [3.63, 3.8) is 0 Å². The topological polar surface area (TPSA) is 50.9 Å². The standard InChI is InChI=1S/C13H16ClN3O/c1-9(13(2,3)18)17-12(15-8-16-17)10-4-6-11(14)7-5-10/h4-9,18H,1-3H3. The second kappa shape index (κ2) is 4.71. The molecule has 0 aliphatic carbocycles. The highest BCUT2D eigenvalue weighted by Gasteiger charge is 2.27. The first-order chi connectivity index (χ1) is 8.39. The van der Waals surface area contributed by atoms with Gasteiger partial charge >= 0.3 is 0 Å². The van der Waals surface area contributed by atoms with Crippen molar-refractivity contribution in [1.82, 2.24) is 14.8 Å². The molecule has 0 fully saturated rings. The molecular weight excluding hydrogens is 250 g/mol. The molecule has 2 rings (SSSR count). The van der Waals surface area contributed by atoms with Gasteiger partial charge in [-0.1, -0.05) is 11.6 Å². The lowest BCUT2D eigenvalue weighted by Crippen LogP contribution is -2.32. The van der Waals surface area contributed by atoms with E-state index in [2.05, 4.69) is 10.1 Å². The highest BCUT2D eigenvalue weighted by atomic mass is 35.5. The number of aliphatic hydroxyl groups is 1. The zero-order chi connectivity index (χ0) is 13.3. The zero-order valence-corrected chi connectivity index (χ0v) is 11.4. The number of rotatable bonds is 3. The average molecular weight is 266 g/mol. The first-order valence-corrected chi connectivity index (χ1v) is 6.15. The Morgan fingerprint density at radius 1 is 1.28 bits per heavy atom. The quantitative estimate of drug-likeness (QED) is 0.928. The minimum Gasteiger partial charge on any atom is -0.388 e. The molecule has 0 aliphatic heterocycles. The molecular formula is C13H16ClN3O. The number of hydrogen-bond donors (Lipinski definition) is 1. The van der Waals surface area contributed by atoms with Crippen molar-refractivity contribution in [3.8, 4) is 11.4 Å². The van der Waals surface area contributed by atoms with Gasteiger partial charge in [-0.2, -0.15) is 5.10 Å². The van der Waals surface area contributed by atoms with Crippen molar-refractivity contribution in [2.45, 2.75) is 32.4 Å². The molecule has 4 nitrogen and oxygen atoms in total. The summed E-state index contributed by atoms with van der Waals surface area (Å²) in [6.07, 6.45) is 1.49. The highest BCUT2D eigenvalue weighted by Crippen LogP contribution is 2.26. The summed E-state index contributed by atoms with van der Waals surface area (Å²) < 4.78 is 1.73. The Morgan fingerprint density at radius 3 is 2.44 bits per heavy atom. The van der Waals surface area contributed by atoms with E-state index in [0.29, 0.717) is 5.02 Å². The Bertz CT molecular complexity index is 528. The molecule has 2 aromatic rings. The first kappa shape index (κ1) is 13.1. The largest absolute Gasteiger partial charge is 0.388 e. The predicted molar refractivity (Wildman–Crippen MR) is 71.5 cm³/mol. The van der Waals surface area contributed by atoms with E-state index < -0.39 is 5.60 Å². The SMILES string of the molecule is CC(n1ncnc1-c1ccc(Cl)cc1)C(C)(C)O. The van der Waals surface area contributed by atoms with Crippen LogP contribution in [0.3, 0.4) is 0 Å². The van der Waals surface area contributed by atoms with Crippen LogP contribution in [-0.2, 0) is 0 Å². The van der Waals surface area contributed by atoms with E-state index in [1.165, 1.54) is 6.33 Å². The molecule has 0 radical (unpaired) electrons. The molecule has 5 heteroatoms. The smallest absolute Gasteiger partial charge is 0.158 e. The van der Waals surface area contributed by atoms with Crippen LogP contribution >= 0.6 is 11.6 Å². The van der Waals surface area contributed by atoms with Crippen LogP contribution in [0.15, 0.2) is 30.6 Å². The molecule has 96 valence electrons. The number of nitrogens with zero attached hydrogens (tertiary/aromatic N) is 3. The van der Waals surface area contributed by atoms with E-state index in [-0.39, 0.29) is 6.04 Å². The van der Waals surface area contributed by atoms with Gasteiger partial charge in [0, 0.05) is 10.6 Å². The Morgan fingerprint density at radius 2 is 1.89 bits per heavy atom. The lowest BCUT2D eigenvalue weighted by atomic mass is 10.0. The van der Waals surface area contributed by atoms with Crippen molar-refractivity contribution in [2.24, 2.45) is 0 Å². The van der Waals surface area contributed by atoms with E-state index in [4.69, 9.17) is 11.6 Å². The molecule has 1 aromatic carbocycles. The van der Waals surface area contributed by atoms with Crippen molar-refractivity contribution < 1.29 is 5.11 Å². The Hall–Kier alpha value is -1.39. The molecule has 1 atom stereocenters. The van der Waals surface area contributed by atoms with Gasteiger partial charge < -0.3 is 5.11 Å². The maximum atomic E-state index is 10.1. The number of aromatic nitrogens is 3. The van der Waals surface area contributed by atoms with Crippen LogP contribution in [0.1, 0.15) is 26.8 Å². The van der Waals surface area contributed by atoms with E-state index >= 15 is 0 Å². The number of halogens is 1. The van der Waals surface area contributed by atoms with Crippen molar-refractivity contribution in [2.75, 3.05) is 0 Å². The Kier molecular flexibility index (Phi) is 3.41. The van der Waals surface area contributed by atoms with Gasteiger partial charge in [-0.3, -0.25) is 0 Å². The van der Waals surface area contributed by atoms with E-state index in [9.17, 15) is 5.11 Å². The van der Waals surface area contributed by atoms with Gasteiger partial charge in [0.05, 0.1) is 11.6 Å². The number of hydrogen-bond acceptors (Lipinski definition) is 3. The van der Waals surface area contributed by atoms with Crippen molar-refractivity contribution in [1.29, 1.82) is 0 Å². The summed E-state index contributed by atoms with van der Waals surface area (Å²) in [5.74, 6) is 0.723. The molecule has 0 bridgehead atoms. The Balaban J connectivity index is 2.42. The van der Waals surface area contributed by atoms with Crippen LogP contribution in [0.4, 0.5) is 0 Å². The molecule has 0 aliphatic rings. The van der Waals surface area contributed by atoms with Gasteiger partial charge in [-0.15, -0.1) is 0 Å². The van der Waals surface area contributed by atoms with Crippen LogP contribution in [0, 0.1) is 0 Å². The molecule has 1 heterocycles. The van der Waals surface area contributed by atoms with E-state index in [1.807, 2.05) is 31.2 Å². The summed E-state index contributed by atoms with van der Waals surface area (Å²) >= 11 is 5.87. The molecule has 1 aromatic heterocycles. The van der Waals surface area contributed by atoms with Gasteiger partial charge in [0.1, 0.15) is 6.33 Å². The second-order valence-electron chi connectivity index (χ2n) is 4.86. The zero-order valence-electron chi connectivity index (χ0n) is 10.6. The third-order valence-electron chi connectivity index (χ3n) is 3.06. The first-order valence-electron chi connectivity index (χ1n) is 5.77. The normalized spacial score (nSPS) is 13.6. The maximum absolute atomic E-state index is 10.1. The van der Waals surface area contributed by atoms with Gasteiger partial charge in [0.15, 0.2) is 5.82 Å². The minimum atomic E-state index is -0.866. The van der Waals surface area contributed by atoms with Crippen LogP contribution in [0.25, 0.3) is 11.4 Å². The minimum absolute atomic E-state index is 0.175. The fourth-order valence-corrected chi connectivity index (χ4v) is 1.76. The third-order valence-corrected chi connectivity index (χ3v) is 3.32. The third kappa shape index (κ3) is 2.54. The molecule has 0 saturated heterocycles. The monoisotopic (exact) mass is 265 g/mol. The van der Waals surface area contributed by atoms with Gasteiger partial charge in [0.2, 0.25) is 0 Å². The van der Waals surface area contributed by atoms with Crippen LogP contribution in [0.5, 0.6) is 0 Å². The number of benzene rings is 1. The lowest BCUT2D eigenvalue weighted by molar-refractivity contribution is 0.0264. The fraction of sp³-hybridized carbons (Fsp3) is 0.385. The highest BCUT2D eigenvalue weighted by molar-refractivity contribution is 6.30. The summed E-state index contributed by atoms with van der Waals surface area (Å²) in [6.45, 7) is 5.42. The summed E-state index contributed by atoms with van der Waals surface area (Å²) in [5.41, 5.74) is 0.0579. The maximum Gasteiger partial charge on any atom is 0.158 e. The van der Waals surface area contributed by atoms with Gasteiger partial charge in [-0.25, -0.2) is 9.67 Å². The molecule has 0 saturated carbocycles. The van der Waals surface area contributed by atoms with Gasteiger partial charge in [0.25, 0.3) is 0 Å². The molecule has 1 N–H and O–H groups in total. The molecule has 0 spiro atoms.